The first-order valence-electron chi connectivity index (χ1n) is 3.41. The zero-order valence-electron chi connectivity index (χ0n) is 6.61. The summed E-state index contributed by atoms with van der Waals surface area (Å²) in [5.74, 6) is 0.148. The lowest BCUT2D eigenvalue weighted by atomic mass is 10.1. The lowest BCUT2D eigenvalue weighted by Gasteiger charge is -1.98. The van der Waals surface area contributed by atoms with Gasteiger partial charge in [-0.3, -0.25) is 9.59 Å². The number of benzene rings is 1. The maximum absolute atomic E-state index is 10.8. The predicted molar refractivity (Wildman–Crippen MR) is 43.4 cm³/mol. The van der Waals surface area contributed by atoms with Crippen LogP contribution in [0.3, 0.4) is 0 Å². The largest absolute Gasteiger partial charge is 0.497 e. The Balaban J connectivity index is 2.91. The van der Waals surface area contributed by atoms with Gasteiger partial charge in [0.15, 0.2) is 6.29 Å². The average molecular weight is 164 g/mol. The quantitative estimate of drug-likeness (QED) is 0.381. The van der Waals surface area contributed by atoms with Gasteiger partial charge >= 0.3 is 0 Å². The van der Waals surface area contributed by atoms with Gasteiger partial charge in [0.1, 0.15) is 5.75 Å². The van der Waals surface area contributed by atoms with E-state index in [0.717, 1.165) is 0 Å². The smallest absolute Gasteiger partial charge is 0.225 e. The number of hydrogen-bond acceptors (Lipinski definition) is 3. The van der Waals surface area contributed by atoms with Gasteiger partial charge in [-0.2, -0.15) is 0 Å². The minimum absolute atomic E-state index is 0.293. The van der Waals surface area contributed by atoms with Crippen molar-refractivity contribution in [1.29, 1.82) is 0 Å². The standard InChI is InChI=1S/C9H8O3/c1-12-8-4-2-7(3-5-8)9(11)6-10/h2-6H,1H3. The summed E-state index contributed by atoms with van der Waals surface area (Å²) in [5, 5.41) is 0. The molecule has 0 radical (unpaired) electrons. The normalized spacial score (nSPS) is 9.08. The summed E-state index contributed by atoms with van der Waals surface area (Å²) < 4.78 is 4.88. The molecule has 0 atom stereocenters. The lowest BCUT2D eigenvalue weighted by molar-refractivity contribution is -0.104. The van der Waals surface area contributed by atoms with Gasteiger partial charge in [-0.1, -0.05) is 0 Å². The first-order chi connectivity index (χ1) is 5.77. The van der Waals surface area contributed by atoms with E-state index in [9.17, 15) is 9.59 Å². The molecule has 12 heavy (non-hydrogen) atoms. The van der Waals surface area contributed by atoms with Gasteiger partial charge in [0.25, 0.3) is 0 Å². The summed E-state index contributed by atoms with van der Waals surface area (Å²) in [6.07, 6.45) is 0.293. The number of hydrogen-bond donors (Lipinski definition) is 0. The molecule has 3 nitrogen and oxygen atoms in total. The van der Waals surface area contributed by atoms with Gasteiger partial charge in [0.2, 0.25) is 5.78 Å². The van der Waals surface area contributed by atoms with E-state index in [0.29, 0.717) is 17.6 Å². The van der Waals surface area contributed by atoms with E-state index in [4.69, 9.17) is 4.74 Å². The second kappa shape index (κ2) is 3.67. The molecule has 1 aromatic carbocycles. The van der Waals surface area contributed by atoms with Gasteiger partial charge in [0, 0.05) is 5.56 Å². The van der Waals surface area contributed by atoms with Crippen molar-refractivity contribution in [2.24, 2.45) is 0 Å². The van der Waals surface area contributed by atoms with Gasteiger partial charge in [-0.15, -0.1) is 0 Å². The van der Waals surface area contributed by atoms with Gasteiger partial charge in [-0.05, 0) is 24.3 Å². The Hall–Kier alpha value is -1.64. The Morgan fingerprint density at radius 3 is 2.33 bits per heavy atom. The Morgan fingerprint density at radius 2 is 1.92 bits per heavy atom. The molecule has 0 aliphatic heterocycles. The minimum Gasteiger partial charge on any atom is -0.497 e. The average Bonchev–Trinajstić information content (AvgIpc) is 2.17. The van der Waals surface area contributed by atoms with E-state index in [1.54, 1.807) is 24.3 Å². The number of Topliss-reactive ketones (excluding diaryl/α,β-unsaturated/α-hetero) is 1. The van der Waals surface area contributed by atoms with E-state index in [2.05, 4.69) is 0 Å². The third-order valence-corrected chi connectivity index (χ3v) is 1.48. The number of ketones is 1. The van der Waals surface area contributed by atoms with Crippen molar-refractivity contribution < 1.29 is 14.3 Å². The van der Waals surface area contributed by atoms with Crippen LogP contribution in [0.1, 0.15) is 10.4 Å². The van der Waals surface area contributed by atoms with E-state index in [1.807, 2.05) is 0 Å². The molecule has 0 unspecified atom stereocenters. The molecule has 62 valence electrons. The van der Waals surface area contributed by atoms with Crippen molar-refractivity contribution in [1.82, 2.24) is 0 Å². The molecule has 0 aromatic heterocycles. The number of rotatable bonds is 3. The summed E-state index contributed by atoms with van der Waals surface area (Å²) in [5.41, 5.74) is 0.380. The van der Waals surface area contributed by atoms with Crippen LogP contribution in [-0.2, 0) is 4.79 Å². The Labute approximate surface area is 70.0 Å². The van der Waals surface area contributed by atoms with Crippen LogP contribution in [0.2, 0.25) is 0 Å². The fourth-order valence-electron chi connectivity index (χ4n) is 0.823. The lowest BCUT2D eigenvalue weighted by Crippen LogP contribution is -1.98. The van der Waals surface area contributed by atoms with Crippen LogP contribution in [0.4, 0.5) is 0 Å². The van der Waals surface area contributed by atoms with E-state index >= 15 is 0 Å². The van der Waals surface area contributed by atoms with E-state index < -0.39 is 5.78 Å². The molecule has 0 aliphatic carbocycles. The number of carbonyl (C=O) groups excluding carboxylic acids is 2. The van der Waals surface area contributed by atoms with Crippen molar-refractivity contribution in [3.05, 3.63) is 29.8 Å². The Morgan fingerprint density at radius 1 is 1.33 bits per heavy atom. The second-order valence-electron chi connectivity index (χ2n) is 2.21. The van der Waals surface area contributed by atoms with Crippen LogP contribution in [0.25, 0.3) is 0 Å². The summed E-state index contributed by atoms with van der Waals surface area (Å²) in [4.78, 5) is 20.9. The predicted octanol–water partition coefficient (Wildman–Crippen LogP) is 1.08. The highest BCUT2D eigenvalue weighted by Gasteiger charge is 2.02. The Bertz CT molecular complexity index is 287. The second-order valence-corrected chi connectivity index (χ2v) is 2.21. The summed E-state index contributed by atoms with van der Waals surface area (Å²) >= 11 is 0. The summed E-state index contributed by atoms with van der Waals surface area (Å²) in [7, 11) is 1.54. The molecule has 0 bridgehead atoms. The maximum Gasteiger partial charge on any atom is 0.225 e. The molecule has 3 heteroatoms. The maximum atomic E-state index is 10.8. The first kappa shape index (κ1) is 8.46. The SMILES string of the molecule is COc1ccc(C(=O)C=O)cc1. The molecular formula is C9H8O3. The highest BCUT2D eigenvalue weighted by Crippen LogP contribution is 2.10. The van der Waals surface area contributed by atoms with Crippen molar-refractivity contribution in [2.45, 2.75) is 0 Å². The highest BCUT2D eigenvalue weighted by atomic mass is 16.5. The van der Waals surface area contributed by atoms with E-state index in [1.165, 1.54) is 7.11 Å². The zero-order valence-corrected chi connectivity index (χ0v) is 6.61. The molecule has 0 fully saturated rings. The van der Waals surface area contributed by atoms with Crippen LogP contribution in [0, 0.1) is 0 Å². The van der Waals surface area contributed by atoms with Crippen LogP contribution >= 0.6 is 0 Å². The third-order valence-electron chi connectivity index (χ3n) is 1.48. The fraction of sp³-hybridized carbons (Fsp3) is 0.111. The fourth-order valence-corrected chi connectivity index (χ4v) is 0.823. The number of methoxy groups -OCH3 is 1. The van der Waals surface area contributed by atoms with Crippen LogP contribution in [-0.4, -0.2) is 19.2 Å². The Kier molecular flexibility index (Phi) is 2.58. The molecule has 0 amide bonds. The minimum atomic E-state index is -0.516. The highest BCUT2D eigenvalue weighted by molar-refractivity contribution is 6.33. The molecular weight excluding hydrogens is 156 g/mol. The third kappa shape index (κ3) is 1.69. The van der Waals surface area contributed by atoms with Crippen LogP contribution < -0.4 is 4.74 Å². The number of aldehydes is 1. The van der Waals surface area contributed by atoms with Gasteiger partial charge < -0.3 is 4.74 Å². The molecule has 0 saturated heterocycles. The van der Waals surface area contributed by atoms with Crippen molar-refractivity contribution in [3.8, 4) is 5.75 Å². The molecule has 0 aliphatic rings. The van der Waals surface area contributed by atoms with Crippen molar-refractivity contribution in [3.63, 3.8) is 0 Å². The molecule has 1 rings (SSSR count). The van der Waals surface area contributed by atoms with E-state index in [-0.39, 0.29) is 0 Å². The molecule has 0 saturated carbocycles. The van der Waals surface area contributed by atoms with Gasteiger partial charge in [-0.25, -0.2) is 0 Å². The van der Waals surface area contributed by atoms with Crippen molar-refractivity contribution in [2.75, 3.05) is 7.11 Å². The number of ether oxygens (including phenoxy) is 1. The molecule has 1 aromatic rings. The zero-order chi connectivity index (χ0) is 8.97. The number of carbonyl (C=O) groups is 2. The monoisotopic (exact) mass is 164 g/mol. The van der Waals surface area contributed by atoms with Crippen LogP contribution in [0.5, 0.6) is 5.75 Å². The first-order valence-corrected chi connectivity index (χ1v) is 3.41. The summed E-state index contributed by atoms with van der Waals surface area (Å²) in [6.45, 7) is 0. The van der Waals surface area contributed by atoms with Crippen LogP contribution in [0.15, 0.2) is 24.3 Å². The molecule has 0 N–H and O–H groups in total. The van der Waals surface area contributed by atoms with Gasteiger partial charge in [0.05, 0.1) is 7.11 Å². The summed E-state index contributed by atoms with van der Waals surface area (Å²) in [6, 6.07) is 6.37. The molecule has 0 heterocycles. The van der Waals surface area contributed by atoms with Crippen molar-refractivity contribution >= 4 is 12.1 Å². The topological polar surface area (TPSA) is 43.4 Å². The molecule has 0 spiro atoms.